The van der Waals surface area contributed by atoms with Gasteiger partial charge in [-0.2, -0.15) is 0 Å². The molecule has 0 aliphatic carbocycles. The number of benzene rings is 1. The summed E-state index contributed by atoms with van der Waals surface area (Å²) in [4.78, 5) is 18.4. The molecule has 0 aliphatic rings. The van der Waals surface area contributed by atoms with Crippen LogP contribution < -0.4 is 5.32 Å². The van der Waals surface area contributed by atoms with Crippen LogP contribution in [0.3, 0.4) is 0 Å². The Labute approximate surface area is 130 Å². The van der Waals surface area contributed by atoms with E-state index in [9.17, 15) is 9.18 Å². The normalized spacial score (nSPS) is 12.2. The van der Waals surface area contributed by atoms with Crippen LogP contribution in [0.15, 0.2) is 48.7 Å². The molecular weight excluding hydrogens is 281 g/mol. The topological polar surface area (TPSA) is 45.2 Å². The third-order valence-corrected chi connectivity index (χ3v) is 3.34. The predicted octanol–water partition coefficient (Wildman–Crippen LogP) is 2.64. The molecule has 0 fully saturated rings. The van der Waals surface area contributed by atoms with Gasteiger partial charge in [0.15, 0.2) is 0 Å². The van der Waals surface area contributed by atoms with E-state index >= 15 is 0 Å². The lowest BCUT2D eigenvalue weighted by Gasteiger charge is -2.21. The van der Waals surface area contributed by atoms with Crippen molar-refractivity contribution in [2.45, 2.75) is 12.5 Å². The highest BCUT2D eigenvalue weighted by Crippen LogP contribution is 2.18. The molecule has 0 spiro atoms. The minimum atomic E-state index is -0.286. The van der Waals surface area contributed by atoms with Gasteiger partial charge in [0.2, 0.25) is 0 Å². The molecule has 0 saturated heterocycles. The number of hydrogen-bond acceptors (Lipinski definition) is 3. The third-order valence-electron chi connectivity index (χ3n) is 3.34. The number of carbonyl (C=O) groups excluding carboxylic acids is 1. The summed E-state index contributed by atoms with van der Waals surface area (Å²) in [5.41, 5.74) is 1.26. The van der Waals surface area contributed by atoms with Crippen molar-refractivity contribution in [3.63, 3.8) is 0 Å². The number of carbonyl (C=O) groups is 1. The first-order chi connectivity index (χ1) is 10.6. The first-order valence-corrected chi connectivity index (χ1v) is 7.18. The predicted molar refractivity (Wildman–Crippen MR) is 84.0 cm³/mol. The largest absolute Gasteiger partial charge is 0.344 e. The minimum Gasteiger partial charge on any atom is -0.344 e. The van der Waals surface area contributed by atoms with Gasteiger partial charge in [-0.05, 0) is 56.9 Å². The van der Waals surface area contributed by atoms with E-state index in [1.165, 1.54) is 12.1 Å². The average molecular weight is 301 g/mol. The van der Waals surface area contributed by atoms with Gasteiger partial charge in [0.05, 0.1) is 6.04 Å². The zero-order valence-corrected chi connectivity index (χ0v) is 12.8. The second-order valence-corrected chi connectivity index (χ2v) is 5.38. The fourth-order valence-electron chi connectivity index (χ4n) is 2.13. The van der Waals surface area contributed by atoms with Crippen LogP contribution in [0.25, 0.3) is 0 Å². The SMILES string of the molecule is CN(C)CCC(NC(=O)c1ccccn1)c1ccc(F)cc1. The first-order valence-electron chi connectivity index (χ1n) is 7.18. The Bertz CT molecular complexity index is 599. The number of nitrogens with zero attached hydrogens (tertiary/aromatic N) is 2. The molecule has 116 valence electrons. The molecule has 1 atom stereocenters. The Balaban J connectivity index is 2.13. The Morgan fingerprint density at radius 3 is 2.55 bits per heavy atom. The second kappa shape index (κ2) is 7.66. The van der Waals surface area contributed by atoms with Crippen molar-refractivity contribution < 1.29 is 9.18 Å². The molecule has 1 aromatic heterocycles. The van der Waals surface area contributed by atoms with E-state index in [1.54, 1.807) is 36.5 Å². The van der Waals surface area contributed by atoms with Crippen LogP contribution in [0.4, 0.5) is 4.39 Å². The van der Waals surface area contributed by atoms with Crippen LogP contribution >= 0.6 is 0 Å². The maximum absolute atomic E-state index is 13.1. The maximum Gasteiger partial charge on any atom is 0.270 e. The Morgan fingerprint density at radius 2 is 1.95 bits per heavy atom. The van der Waals surface area contributed by atoms with Gasteiger partial charge in [-0.25, -0.2) is 4.39 Å². The van der Waals surface area contributed by atoms with Crippen LogP contribution in [0.1, 0.15) is 28.5 Å². The maximum atomic E-state index is 13.1. The highest BCUT2D eigenvalue weighted by atomic mass is 19.1. The fraction of sp³-hybridized carbons (Fsp3) is 0.294. The van der Waals surface area contributed by atoms with Crippen molar-refractivity contribution in [3.8, 4) is 0 Å². The summed E-state index contributed by atoms with van der Waals surface area (Å²) in [5.74, 6) is -0.514. The molecule has 1 heterocycles. The van der Waals surface area contributed by atoms with Crippen molar-refractivity contribution in [3.05, 3.63) is 65.7 Å². The molecular formula is C17H20FN3O. The smallest absolute Gasteiger partial charge is 0.270 e. The molecule has 0 radical (unpaired) electrons. The summed E-state index contributed by atoms with van der Waals surface area (Å²) in [6, 6.07) is 11.2. The third kappa shape index (κ3) is 4.63. The molecule has 4 nitrogen and oxygen atoms in total. The molecule has 22 heavy (non-hydrogen) atoms. The van der Waals surface area contributed by atoms with E-state index in [0.29, 0.717) is 5.69 Å². The summed E-state index contributed by atoms with van der Waals surface area (Å²) in [7, 11) is 3.95. The quantitative estimate of drug-likeness (QED) is 0.892. The lowest BCUT2D eigenvalue weighted by atomic mass is 10.0. The molecule has 0 aliphatic heterocycles. The molecule has 1 unspecified atom stereocenters. The molecule has 2 aromatic rings. The van der Waals surface area contributed by atoms with Crippen molar-refractivity contribution in [1.82, 2.24) is 15.2 Å². The van der Waals surface area contributed by atoms with Crippen molar-refractivity contribution in [2.75, 3.05) is 20.6 Å². The number of rotatable bonds is 6. The van der Waals surface area contributed by atoms with Gasteiger partial charge in [0.25, 0.3) is 5.91 Å². The molecule has 2 rings (SSSR count). The number of nitrogens with one attached hydrogen (secondary N) is 1. The summed E-state index contributed by atoms with van der Waals surface area (Å²) in [6.45, 7) is 0.810. The number of halogens is 1. The zero-order valence-electron chi connectivity index (χ0n) is 12.8. The lowest BCUT2D eigenvalue weighted by Crippen LogP contribution is -2.31. The van der Waals surface area contributed by atoms with Gasteiger partial charge in [-0.1, -0.05) is 18.2 Å². The molecule has 1 aromatic carbocycles. The summed E-state index contributed by atoms with van der Waals surface area (Å²) < 4.78 is 13.1. The molecule has 0 saturated carbocycles. The van der Waals surface area contributed by atoms with Crippen LogP contribution in [0, 0.1) is 5.82 Å². The first kappa shape index (κ1) is 16.1. The van der Waals surface area contributed by atoms with E-state index in [1.807, 2.05) is 19.0 Å². The van der Waals surface area contributed by atoms with E-state index in [-0.39, 0.29) is 17.8 Å². The Morgan fingerprint density at radius 1 is 1.23 bits per heavy atom. The van der Waals surface area contributed by atoms with Gasteiger partial charge in [-0.15, -0.1) is 0 Å². The van der Waals surface area contributed by atoms with Crippen molar-refractivity contribution >= 4 is 5.91 Å². The highest BCUT2D eigenvalue weighted by molar-refractivity contribution is 5.92. The Hall–Kier alpha value is -2.27. The summed E-state index contributed by atoms with van der Waals surface area (Å²) in [5, 5.41) is 2.97. The van der Waals surface area contributed by atoms with E-state index in [0.717, 1.165) is 18.5 Å². The average Bonchev–Trinajstić information content (AvgIpc) is 2.53. The fourth-order valence-corrected chi connectivity index (χ4v) is 2.13. The molecule has 1 amide bonds. The zero-order chi connectivity index (χ0) is 15.9. The second-order valence-electron chi connectivity index (χ2n) is 5.38. The Kier molecular flexibility index (Phi) is 5.61. The summed E-state index contributed by atoms with van der Waals surface area (Å²) >= 11 is 0. The molecule has 0 bridgehead atoms. The van der Waals surface area contributed by atoms with Crippen molar-refractivity contribution in [2.24, 2.45) is 0 Å². The van der Waals surface area contributed by atoms with E-state index in [4.69, 9.17) is 0 Å². The monoisotopic (exact) mass is 301 g/mol. The van der Waals surface area contributed by atoms with E-state index in [2.05, 4.69) is 10.3 Å². The van der Waals surface area contributed by atoms with Crippen LogP contribution in [-0.4, -0.2) is 36.4 Å². The molecule has 1 N–H and O–H groups in total. The van der Waals surface area contributed by atoms with Gasteiger partial charge >= 0.3 is 0 Å². The van der Waals surface area contributed by atoms with Crippen LogP contribution in [-0.2, 0) is 0 Å². The highest BCUT2D eigenvalue weighted by Gasteiger charge is 2.16. The van der Waals surface area contributed by atoms with Crippen molar-refractivity contribution in [1.29, 1.82) is 0 Å². The van der Waals surface area contributed by atoms with Gasteiger partial charge in [0, 0.05) is 6.20 Å². The van der Waals surface area contributed by atoms with Gasteiger partial charge in [0.1, 0.15) is 11.5 Å². The minimum absolute atomic E-state index is 0.183. The van der Waals surface area contributed by atoms with Gasteiger partial charge < -0.3 is 10.2 Å². The summed E-state index contributed by atoms with van der Waals surface area (Å²) in [6.07, 6.45) is 2.32. The number of pyridine rings is 1. The molecule has 5 heteroatoms. The standard InChI is InChI=1S/C17H20FN3O/c1-21(2)12-10-15(13-6-8-14(18)9-7-13)20-17(22)16-5-3-4-11-19-16/h3-9,11,15H,10,12H2,1-2H3,(H,20,22). The number of aromatic nitrogens is 1. The number of hydrogen-bond donors (Lipinski definition) is 1. The van der Waals surface area contributed by atoms with Crippen LogP contribution in [0.2, 0.25) is 0 Å². The number of amides is 1. The van der Waals surface area contributed by atoms with Crippen LogP contribution in [0.5, 0.6) is 0 Å². The van der Waals surface area contributed by atoms with Gasteiger partial charge in [-0.3, -0.25) is 9.78 Å². The van der Waals surface area contributed by atoms with E-state index < -0.39 is 0 Å². The lowest BCUT2D eigenvalue weighted by molar-refractivity contribution is 0.0927.